The van der Waals surface area contributed by atoms with Crippen LogP contribution in [0.2, 0.25) is 15.1 Å². The van der Waals surface area contributed by atoms with Gasteiger partial charge >= 0.3 is 0 Å². The second-order valence-electron chi connectivity index (χ2n) is 3.65. The third-order valence-electron chi connectivity index (χ3n) is 2.47. The molecule has 0 bridgehead atoms. The summed E-state index contributed by atoms with van der Waals surface area (Å²) in [6.45, 7) is 0.305. The van der Waals surface area contributed by atoms with Gasteiger partial charge in [-0.25, -0.2) is 4.39 Å². The summed E-state index contributed by atoms with van der Waals surface area (Å²) in [6, 6.07) is 9.71. The summed E-state index contributed by atoms with van der Waals surface area (Å²) in [5.41, 5.74) is 0.954. The maximum absolute atomic E-state index is 13.5. The molecule has 0 atom stereocenters. The number of anilines is 1. The van der Waals surface area contributed by atoms with Crippen LogP contribution in [0.25, 0.3) is 0 Å². The summed E-state index contributed by atoms with van der Waals surface area (Å²) < 4.78 is 13.5. The Kier molecular flexibility index (Phi) is 4.33. The van der Waals surface area contributed by atoms with Crippen LogP contribution < -0.4 is 5.32 Å². The summed E-state index contributed by atoms with van der Waals surface area (Å²) >= 11 is 18.0. The molecule has 0 amide bonds. The van der Waals surface area contributed by atoms with Crippen LogP contribution in [0.5, 0.6) is 0 Å². The minimum absolute atomic E-state index is 0.246. The molecule has 94 valence electrons. The average Bonchev–Trinajstić information content (AvgIpc) is 2.31. The summed E-state index contributed by atoms with van der Waals surface area (Å²) in [6.07, 6.45) is 0. The standard InChI is InChI=1S/C13H9Cl3FN/c14-9-3-1-4-10(15)8(9)7-18-13-11(16)5-2-6-12(13)17/h1-6,18H,7H2. The Balaban J connectivity index is 2.22. The van der Waals surface area contributed by atoms with Gasteiger partial charge in [0.05, 0.1) is 10.7 Å². The Morgan fingerprint density at radius 3 is 2.06 bits per heavy atom. The zero-order valence-electron chi connectivity index (χ0n) is 9.18. The van der Waals surface area contributed by atoms with Gasteiger partial charge in [-0.15, -0.1) is 0 Å². The number of nitrogens with one attached hydrogen (secondary N) is 1. The summed E-state index contributed by atoms with van der Waals surface area (Å²) in [5, 5.41) is 4.28. The van der Waals surface area contributed by atoms with Crippen molar-refractivity contribution < 1.29 is 4.39 Å². The van der Waals surface area contributed by atoms with Crippen molar-refractivity contribution in [3.63, 3.8) is 0 Å². The molecule has 0 aliphatic heterocycles. The van der Waals surface area contributed by atoms with E-state index in [2.05, 4.69) is 5.32 Å². The summed E-state index contributed by atoms with van der Waals surface area (Å²) in [5.74, 6) is -0.411. The third kappa shape index (κ3) is 2.89. The largest absolute Gasteiger partial charge is 0.377 e. The van der Waals surface area contributed by atoms with Crippen molar-refractivity contribution in [2.75, 3.05) is 5.32 Å². The second-order valence-corrected chi connectivity index (χ2v) is 4.87. The van der Waals surface area contributed by atoms with Crippen molar-refractivity contribution in [1.82, 2.24) is 0 Å². The van der Waals surface area contributed by atoms with Crippen LogP contribution in [0, 0.1) is 5.82 Å². The van der Waals surface area contributed by atoms with E-state index < -0.39 is 5.82 Å². The van der Waals surface area contributed by atoms with Crippen LogP contribution in [0.15, 0.2) is 36.4 Å². The Bertz CT molecular complexity index is 480. The fourth-order valence-corrected chi connectivity index (χ4v) is 2.31. The molecule has 0 saturated heterocycles. The lowest BCUT2D eigenvalue weighted by atomic mass is 10.2. The first-order valence-corrected chi connectivity index (χ1v) is 6.33. The van der Waals surface area contributed by atoms with E-state index in [0.717, 1.165) is 0 Å². The van der Waals surface area contributed by atoms with E-state index in [1.54, 1.807) is 30.3 Å². The van der Waals surface area contributed by atoms with Gasteiger partial charge in [-0.2, -0.15) is 0 Å². The zero-order chi connectivity index (χ0) is 13.1. The van der Waals surface area contributed by atoms with Crippen molar-refractivity contribution >= 4 is 40.5 Å². The smallest absolute Gasteiger partial charge is 0.147 e. The minimum Gasteiger partial charge on any atom is -0.377 e. The van der Waals surface area contributed by atoms with Gasteiger partial charge in [0.2, 0.25) is 0 Å². The number of para-hydroxylation sites is 1. The number of rotatable bonds is 3. The molecule has 0 spiro atoms. The second kappa shape index (κ2) is 5.79. The molecular weight excluding hydrogens is 296 g/mol. The molecule has 0 radical (unpaired) electrons. The van der Waals surface area contributed by atoms with Crippen LogP contribution in [-0.2, 0) is 6.54 Å². The van der Waals surface area contributed by atoms with E-state index in [0.29, 0.717) is 27.2 Å². The Morgan fingerprint density at radius 1 is 0.889 bits per heavy atom. The van der Waals surface area contributed by atoms with Gasteiger partial charge in [-0.05, 0) is 24.3 Å². The molecule has 0 fully saturated rings. The highest BCUT2D eigenvalue weighted by Gasteiger charge is 2.09. The zero-order valence-corrected chi connectivity index (χ0v) is 11.5. The van der Waals surface area contributed by atoms with Crippen LogP contribution in [-0.4, -0.2) is 0 Å². The number of hydrogen-bond donors (Lipinski definition) is 1. The predicted octanol–water partition coefficient (Wildman–Crippen LogP) is 5.40. The molecule has 2 aromatic carbocycles. The molecule has 0 aromatic heterocycles. The molecule has 2 aromatic rings. The molecule has 0 aliphatic rings. The van der Waals surface area contributed by atoms with E-state index in [-0.39, 0.29) is 5.69 Å². The Labute approximate surface area is 119 Å². The first-order valence-electron chi connectivity index (χ1n) is 5.20. The fourth-order valence-electron chi connectivity index (χ4n) is 1.54. The maximum atomic E-state index is 13.5. The topological polar surface area (TPSA) is 12.0 Å². The van der Waals surface area contributed by atoms with Crippen LogP contribution in [0.1, 0.15) is 5.56 Å². The molecular formula is C13H9Cl3FN. The molecule has 0 saturated carbocycles. The van der Waals surface area contributed by atoms with Crippen LogP contribution in [0.3, 0.4) is 0 Å². The monoisotopic (exact) mass is 303 g/mol. The van der Waals surface area contributed by atoms with E-state index in [1.807, 2.05) is 0 Å². The maximum Gasteiger partial charge on any atom is 0.147 e. The average molecular weight is 305 g/mol. The van der Waals surface area contributed by atoms with Gasteiger partial charge in [0.15, 0.2) is 0 Å². The van der Waals surface area contributed by atoms with E-state index in [4.69, 9.17) is 34.8 Å². The molecule has 2 rings (SSSR count). The fraction of sp³-hybridized carbons (Fsp3) is 0.0769. The van der Waals surface area contributed by atoms with Crippen LogP contribution >= 0.6 is 34.8 Å². The molecule has 18 heavy (non-hydrogen) atoms. The number of halogens is 4. The van der Waals surface area contributed by atoms with Crippen molar-refractivity contribution in [3.05, 3.63) is 62.8 Å². The first kappa shape index (κ1) is 13.5. The van der Waals surface area contributed by atoms with E-state index in [1.165, 1.54) is 6.07 Å². The molecule has 1 nitrogen and oxygen atoms in total. The normalized spacial score (nSPS) is 10.4. The van der Waals surface area contributed by atoms with Crippen molar-refractivity contribution in [1.29, 1.82) is 0 Å². The lowest BCUT2D eigenvalue weighted by Gasteiger charge is -2.11. The number of hydrogen-bond acceptors (Lipinski definition) is 1. The molecule has 5 heteroatoms. The van der Waals surface area contributed by atoms with Crippen molar-refractivity contribution in [3.8, 4) is 0 Å². The minimum atomic E-state index is -0.411. The summed E-state index contributed by atoms with van der Waals surface area (Å²) in [7, 11) is 0. The molecule has 1 N–H and O–H groups in total. The highest BCUT2D eigenvalue weighted by Crippen LogP contribution is 2.28. The molecule has 0 unspecified atom stereocenters. The molecule has 0 aliphatic carbocycles. The third-order valence-corrected chi connectivity index (χ3v) is 3.49. The van der Waals surface area contributed by atoms with E-state index in [9.17, 15) is 4.39 Å². The van der Waals surface area contributed by atoms with Crippen LogP contribution in [0.4, 0.5) is 10.1 Å². The van der Waals surface area contributed by atoms with Crippen molar-refractivity contribution in [2.45, 2.75) is 6.54 Å². The predicted molar refractivity (Wildman–Crippen MR) is 75.2 cm³/mol. The lowest BCUT2D eigenvalue weighted by molar-refractivity contribution is 0.630. The highest BCUT2D eigenvalue weighted by molar-refractivity contribution is 6.36. The van der Waals surface area contributed by atoms with Gasteiger partial charge in [-0.1, -0.05) is 46.9 Å². The lowest BCUT2D eigenvalue weighted by Crippen LogP contribution is -2.03. The summed E-state index contributed by atoms with van der Waals surface area (Å²) in [4.78, 5) is 0. The van der Waals surface area contributed by atoms with Gasteiger partial charge < -0.3 is 5.32 Å². The van der Waals surface area contributed by atoms with Crippen molar-refractivity contribution in [2.24, 2.45) is 0 Å². The van der Waals surface area contributed by atoms with Gasteiger partial charge in [0.1, 0.15) is 5.82 Å². The Morgan fingerprint density at radius 2 is 1.44 bits per heavy atom. The van der Waals surface area contributed by atoms with Gasteiger partial charge in [-0.3, -0.25) is 0 Å². The van der Waals surface area contributed by atoms with Gasteiger partial charge in [0.25, 0.3) is 0 Å². The molecule has 0 heterocycles. The first-order chi connectivity index (χ1) is 8.59. The highest BCUT2D eigenvalue weighted by atomic mass is 35.5. The van der Waals surface area contributed by atoms with Gasteiger partial charge in [0, 0.05) is 22.2 Å². The quantitative estimate of drug-likeness (QED) is 0.800. The SMILES string of the molecule is Fc1cccc(Cl)c1NCc1c(Cl)cccc1Cl. The Hall–Kier alpha value is -0.960. The van der Waals surface area contributed by atoms with E-state index >= 15 is 0 Å². The number of benzene rings is 2.